The Morgan fingerprint density at radius 2 is 2.45 bits per heavy atom. The molecule has 0 rings (SSSR count). The first kappa shape index (κ1) is 9.79. The predicted molar refractivity (Wildman–Crippen MR) is 41.9 cm³/mol. The van der Waals surface area contributed by atoms with Crippen LogP contribution in [0.2, 0.25) is 0 Å². The first-order valence-corrected chi connectivity index (χ1v) is 3.30. The smallest absolute Gasteiger partial charge is 0.279 e. The van der Waals surface area contributed by atoms with Gasteiger partial charge in [0.15, 0.2) is 6.61 Å². The molecule has 4 N–H and O–H groups in total. The second-order valence-corrected chi connectivity index (χ2v) is 1.90. The Morgan fingerprint density at radius 1 is 1.82 bits per heavy atom. The SMILES string of the molecule is CCC(O)C#CCOC(=N)N. The van der Waals surface area contributed by atoms with Crippen LogP contribution in [-0.2, 0) is 4.74 Å². The Bertz CT molecular complexity index is 181. The van der Waals surface area contributed by atoms with E-state index in [1.807, 2.05) is 6.92 Å². The van der Waals surface area contributed by atoms with Crippen LogP contribution in [0.15, 0.2) is 0 Å². The molecule has 11 heavy (non-hydrogen) atoms. The second kappa shape index (κ2) is 5.57. The fourth-order valence-corrected chi connectivity index (χ4v) is 0.375. The highest BCUT2D eigenvalue weighted by atomic mass is 16.5. The van der Waals surface area contributed by atoms with Gasteiger partial charge in [0.1, 0.15) is 6.10 Å². The highest BCUT2D eigenvalue weighted by Gasteiger charge is 1.90. The molecule has 0 aliphatic carbocycles. The van der Waals surface area contributed by atoms with Gasteiger partial charge in [-0.1, -0.05) is 18.8 Å². The summed E-state index contributed by atoms with van der Waals surface area (Å²) in [5.74, 6) is 5.04. The number of rotatable bonds is 2. The summed E-state index contributed by atoms with van der Waals surface area (Å²) in [5, 5.41) is 15.6. The number of hydrogen-bond donors (Lipinski definition) is 3. The molecule has 1 atom stereocenters. The third kappa shape index (κ3) is 6.68. The highest BCUT2D eigenvalue weighted by Crippen LogP contribution is 1.84. The molecule has 0 radical (unpaired) electrons. The van der Waals surface area contributed by atoms with Crippen LogP contribution in [0.25, 0.3) is 0 Å². The number of nitrogens with two attached hydrogens (primary N) is 1. The van der Waals surface area contributed by atoms with E-state index in [0.29, 0.717) is 6.42 Å². The van der Waals surface area contributed by atoms with Crippen LogP contribution in [0.3, 0.4) is 0 Å². The Morgan fingerprint density at radius 3 is 2.91 bits per heavy atom. The van der Waals surface area contributed by atoms with Crippen LogP contribution >= 0.6 is 0 Å². The van der Waals surface area contributed by atoms with Gasteiger partial charge in [-0.15, -0.1) is 0 Å². The minimum atomic E-state index is -0.606. The van der Waals surface area contributed by atoms with Gasteiger partial charge in [0.2, 0.25) is 0 Å². The fraction of sp³-hybridized carbons (Fsp3) is 0.571. The zero-order valence-corrected chi connectivity index (χ0v) is 6.42. The van der Waals surface area contributed by atoms with Crippen molar-refractivity contribution in [3.63, 3.8) is 0 Å². The molecule has 62 valence electrons. The lowest BCUT2D eigenvalue weighted by molar-refractivity contribution is 0.228. The molecular formula is C7H12N2O2. The van der Waals surface area contributed by atoms with Crippen molar-refractivity contribution in [3.05, 3.63) is 0 Å². The Kier molecular flexibility index (Phi) is 4.95. The molecular weight excluding hydrogens is 144 g/mol. The number of ether oxygens (including phenoxy) is 1. The van der Waals surface area contributed by atoms with Crippen molar-refractivity contribution in [1.29, 1.82) is 5.41 Å². The van der Waals surface area contributed by atoms with Crippen molar-refractivity contribution < 1.29 is 9.84 Å². The van der Waals surface area contributed by atoms with E-state index in [1.165, 1.54) is 0 Å². The lowest BCUT2D eigenvalue weighted by atomic mass is 10.3. The molecule has 0 aromatic rings. The predicted octanol–water partition coefficient (Wildman–Crippen LogP) is -0.329. The number of amidine groups is 1. The summed E-state index contributed by atoms with van der Waals surface area (Å²) < 4.78 is 4.51. The van der Waals surface area contributed by atoms with Crippen molar-refractivity contribution in [1.82, 2.24) is 0 Å². The summed E-state index contributed by atoms with van der Waals surface area (Å²) in [5.41, 5.74) is 4.87. The summed E-state index contributed by atoms with van der Waals surface area (Å²) in [6, 6.07) is -0.356. The summed E-state index contributed by atoms with van der Waals surface area (Å²) >= 11 is 0. The average Bonchev–Trinajstić information content (AvgIpc) is 1.97. The molecule has 0 bridgehead atoms. The quantitative estimate of drug-likeness (QED) is 0.291. The van der Waals surface area contributed by atoms with E-state index in [4.69, 9.17) is 16.2 Å². The largest absolute Gasteiger partial charge is 0.452 e. The van der Waals surface area contributed by atoms with Crippen molar-refractivity contribution in [2.45, 2.75) is 19.4 Å². The van der Waals surface area contributed by atoms with Crippen molar-refractivity contribution in [2.75, 3.05) is 6.61 Å². The molecule has 0 aromatic heterocycles. The number of aliphatic hydroxyl groups is 1. The number of hydrogen-bond acceptors (Lipinski definition) is 3. The maximum absolute atomic E-state index is 8.91. The lowest BCUT2D eigenvalue weighted by Crippen LogP contribution is -2.14. The molecule has 0 saturated heterocycles. The van der Waals surface area contributed by atoms with Gasteiger partial charge in [0.25, 0.3) is 6.02 Å². The molecule has 0 spiro atoms. The highest BCUT2D eigenvalue weighted by molar-refractivity contribution is 5.67. The topological polar surface area (TPSA) is 79.3 Å². The molecule has 0 amide bonds. The van der Waals surface area contributed by atoms with Crippen LogP contribution in [-0.4, -0.2) is 23.8 Å². The maximum Gasteiger partial charge on any atom is 0.279 e. The lowest BCUT2D eigenvalue weighted by Gasteiger charge is -1.96. The first-order valence-electron chi connectivity index (χ1n) is 3.30. The minimum absolute atomic E-state index is 0.0619. The maximum atomic E-state index is 8.91. The molecule has 1 unspecified atom stereocenters. The number of nitrogens with one attached hydrogen (secondary N) is 1. The standard InChI is InChI=1S/C7H12N2O2/c1-2-6(10)4-3-5-11-7(8)9/h6,10H,2,5H2,1H3,(H3,8,9). The molecule has 0 heterocycles. The molecule has 0 aromatic carbocycles. The van der Waals surface area contributed by atoms with Gasteiger partial charge >= 0.3 is 0 Å². The Hall–Kier alpha value is -1.21. The van der Waals surface area contributed by atoms with Crippen LogP contribution < -0.4 is 5.73 Å². The van der Waals surface area contributed by atoms with Crippen LogP contribution in [0, 0.1) is 17.3 Å². The molecule has 0 aliphatic rings. The third-order valence-electron chi connectivity index (χ3n) is 0.955. The van der Waals surface area contributed by atoms with Gasteiger partial charge in [-0.05, 0) is 6.42 Å². The minimum Gasteiger partial charge on any atom is -0.452 e. The van der Waals surface area contributed by atoms with Crippen molar-refractivity contribution in [3.8, 4) is 11.8 Å². The van der Waals surface area contributed by atoms with Gasteiger partial charge in [-0.2, -0.15) is 0 Å². The summed E-state index contributed by atoms with van der Waals surface area (Å²) in [6.45, 7) is 1.89. The van der Waals surface area contributed by atoms with Gasteiger partial charge in [0.05, 0.1) is 0 Å². The first-order chi connectivity index (χ1) is 5.16. The molecule has 4 nitrogen and oxygen atoms in total. The second-order valence-electron chi connectivity index (χ2n) is 1.90. The van der Waals surface area contributed by atoms with E-state index >= 15 is 0 Å². The Balaban J connectivity index is 3.47. The monoisotopic (exact) mass is 156 g/mol. The van der Waals surface area contributed by atoms with E-state index in [2.05, 4.69) is 16.6 Å². The van der Waals surface area contributed by atoms with E-state index in [9.17, 15) is 0 Å². The summed E-state index contributed by atoms with van der Waals surface area (Å²) in [4.78, 5) is 0. The van der Waals surface area contributed by atoms with Crippen LogP contribution in [0.1, 0.15) is 13.3 Å². The molecule has 4 heteroatoms. The molecule has 0 fully saturated rings. The van der Waals surface area contributed by atoms with Gasteiger partial charge in [-0.3, -0.25) is 5.41 Å². The Labute approximate surface area is 65.9 Å². The van der Waals surface area contributed by atoms with Crippen molar-refractivity contribution >= 4 is 6.02 Å². The fourth-order valence-electron chi connectivity index (χ4n) is 0.375. The third-order valence-corrected chi connectivity index (χ3v) is 0.955. The van der Waals surface area contributed by atoms with Gasteiger partial charge in [-0.25, -0.2) is 0 Å². The van der Waals surface area contributed by atoms with E-state index in [0.717, 1.165) is 0 Å². The van der Waals surface area contributed by atoms with Gasteiger partial charge in [0, 0.05) is 0 Å². The summed E-state index contributed by atoms with van der Waals surface area (Å²) in [7, 11) is 0. The average molecular weight is 156 g/mol. The van der Waals surface area contributed by atoms with E-state index in [-0.39, 0.29) is 12.6 Å². The molecule has 0 aliphatic heterocycles. The number of aliphatic hydroxyl groups excluding tert-OH is 1. The van der Waals surface area contributed by atoms with Crippen molar-refractivity contribution in [2.24, 2.45) is 5.73 Å². The normalized spacial score (nSPS) is 11.1. The zero-order valence-electron chi connectivity index (χ0n) is 6.42. The molecule has 0 saturated carbocycles. The zero-order chi connectivity index (χ0) is 8.69. The van der Waals surface area contributed by atoms with Crippen LogP contribution in [0.5, 0.6) is 0 Å². The van der Waals surface area contributed by atoms with E-state index in [1.54, 1.807) is 0 Å². The summed E-state index contributed by atoms with van der Waals surface area (Å²) in [6.07, 6.45) is -0.0156. The van der Waals surface area contributed by atoms with E-state index < -0.39 is 6.10 Å². The van der Waals surface area contributed by atoms with Gasteiger partial charge < -0.3 is 15.6 Å². The van der Waals surface area contributed by atoms with Crippen LogP contribution in [0.4, 0.5) is 0 Å².